The van der Waals surface area contributed by atoms with Gasteiger partial charge in [0.05, 0.1) is 0 Å². The predicted molar refractivity (Wildman–Crippen MR) is 67.1 cm³/mol. The first-order chi connectivity index (χ1) is 7.70. The first-order valence-corrected chi connectivity index (χ1v) is 6.26. The quantitative estimate of drug-likeness (QED) is 0.852. The van der Waals surface area contributed by atoms with Gasteiger partial charge < -0.3 is 14.4 Å². The lowest BCUT2D eigenvalue weighted by Gasteiger charge is -2.21. The maximum absolute atomic E-state index is 5.57. The van der Waals surface area contributed by atoms with E-state index in [0.29, 0.717) is 13.2 Å². The lowest BCUT2D eigenvalue weighted by molar-refractivity contribution is 0.171. The van der Waals surface area contributed by atoms with Crippen LogP contribution in [0.25, 0.3) is 0 Å². The van der Waals surface area contributed by atoms with E-state index in [2.05, 4.69) is 40.9 Å². The molecule has 1 aliphatic heterocycles. The number of nitrogens with zero attached hydrogens (tertiary/aromatic N) is 1. The molecule has 1 heterocycles. The minimum Gasteiger partial charge on any atom is -0.486 e. The zero-order chi connectivity index (χ0) is 11.5. The van der Waals surface area contributed by atoms with E-state index in [1.807, 2.05) is 6.07 Å². The van der Waals surface area contributed by atoms with Gasteiger partial charge in [0.1, 0.15) is 13.2 Å². The normalized spacial score (nSPS) is 14.2. The van der Waals surface area contributed by atoms with Crippen LogP contribution in [0, 0.1) is 0 Å². The number of hydrogen-bond acceptors (Lipinski definition) is 3. The van der Waals surface area contributed by atoms with E-state index in [0.717, 1.165) is 29.1 Å². The molecule has 0 radical (unpaired) electrons. The topological polar surface area (TPSA) is 21.7 Å². The standard InChI is InChI=1S/C12H16BrNO2/c1-3-14(2)8-9-6-11-12(7-10(9)13)16-5-4-15-11/h6-7H,3-5,8H2,1-2H3. The minimum atomic E-state index is 0.633. The van der Waals surface area contributed by atoms with E-state index in [1.165, 1.54) is 5.56 Å². The van der Waals surface area contributed by atoms with E-state index in [1.54, 1.807) is 0 Å². The summed E-state index contributed by atoms with van der Waals surface area (Å²) in [7, 11) is 2.10. The third kappa shape index (κ3) is 2.50. The van der Waals surface area contributed by atoms with Gasteiger partial charge in [0.2, 0.25) is 0 Å². The van der Waals surface area contributed by atoms with Crippen LogP contribution in [0.2, 0.25) is 0 Å². The largest absolute Gasteiger partial charge is 0.486 e. The van der Waals surface area contributed by atoms with Crippen LogP contribution in [0.1, 0.15) is 12.5 Å². The number of benzene rings is 1. The van der Waals surface area contributed by atoms with Crippen LogP contribution in [-0.2, 0) is 6.54 Å². The van der Waals surface area contributed by atoms with Gasteiger partial charge in [-0.25, -0.2) is 0 Å². The molecule has 88 valence electrons. The number of ether oxygens (including phenoxy) is 2. The Morgan fingerprint density at radius 3 is 2.50 bits per heavy atom. The van der Waals surface area contributed by atoms with Crippen molar-refractivity contribution in [2.75, 3.05) is 26.8 Å². The Morgan fingerprint density at radius 1 is 1.25 bits per heavy atom. The highest BCUT2D eigenvalue weighted by Gasteiger charge is 2.15. The van der Waals surface area contributed by atoms with Crippen LogP contribution in [-0.4, -0.2) is 31.7 Å². The molecular formula is C12H16BrNO2. The number of fused-ring (bicyclic) bond motifs is 1. The third-order valence-electron chi connectivity index (χ3n) is 2.69. The van der Waals surface area contributed by atoms with Crippen molar-refractivity contribution in [2.45, 2.75) is 13.5 Å². The Kier molecular flexibility index (Phi) is 3.71. The number of rotatable bonds is 3. The molecule has 0 saturated carbocycles. The smallest absolute Gasteiger partial charge is 0.162 e. The number of halogens is 1. The van der Waals surface area contributed by atoms with Crippen LogP contribution >= 0.6 is 15.9 Å². The molecule has 1 aliphatic rings. The van der Waals surface area contributed by atoms with Gasteiger partial charge in [0, 0.05) is 11.0 Å². The molecule has 2 rings (SSSR count). The average molecular weight is 286 g/mol. The van der Waals surface area contributed by atoms with Crippen molar-refractivity contribution in [3.63, 3.8) is 0 Å². The zero-order valence-corrected chi connectivity index (χ0v) is 11.2. The lowest BCUT2D eigenvalue weighted by atomic mass is 10.2. The van der Waals surface area contributed by atoms with Gasteiger partial charge in [-0.2, -0.15) is 0 Å². The van der Waals surface area contributed by atoms with Crippen LogP contribution in [0.3, 0.4) is 0 Å². The van der Waals surface area contributed by atoms with Crippen LogP contribution in [0.15, 0.2) is 16.6 Å². The molecule has 0 saturated heterocycles. The summed E-state index contributed by atoms with van der Waals surface area (Å²) in [5.74, 6) is 1.69. The molecule has 0 N–H and O–H groups in total. The summed E-state index contributed by atoms with van der Waals surface area (Å²) < 4.78 is 12.2. The molecule has 0 atom stereocenters. The third-order valence-corrected chi connectivity index (χ3v) is 3.43. The van der Waals surface area contributed by atoms with Crippen LogP contribution in [0.4, 0.5) is 0 Å². The summed E-state index contributed by atoms with van der Waals surface area (Å²) in [5, 5.41) is 0. The van der Waals surface area contributed by atoms with Gasteiger partial charge in [0.15, 0.2) is 11.5 Å². The van der Waals surface area contributed by atoms with Gasteiger partial charge in [-0.15, -0.1) is 0 Å². The molecule has 16 heavy (non-hydrogen) atoms. The zero-order valence-electron chi connectivity index (χ0n) is 9.62. The second-order valence-electron chi connectivity index (χ2n) is 3.92. The number of hydrogen-bond donors (Lipinski definition) is 0. The fraction of sp³-hybridized carbons (Fsp3) is 0.500. The van der Waals surface area contributed by atoms with E-state index >= 15 is 0 Å². The van der Waals surface area contributed by atoms with Crippen molar-refractivity contribution in [3.8, 4) is 11.5 Å². The van der Waals surface area contributed by atoms with Crippen molar-refractivity contribution in [2.24, 2.45) is 0 Å². The molecule has 0 amide bonds. The second-order valence-corrected chi connectivity index (χ2v) is 4.77. The Hall–Kier alpha value is -0.740. The summed E-state index contributed by atoms with van der Waals surface area (Å²) in [4.78, 5) is 2.25. The Balaban J connectivity index is 2.25. The van der Waals surface area contributed by atoms with Crippen LogP contribution < -0.4 is 9.47 Å². The SMILES string of the molecule is CCN(C)Cc1cc2c(cc1Br)OCCO2. The molecule has 4 heteroatoms. The highest BCUT2D eigenvalue weighted by Crippen LogP contribution is 2.35. The van der Waals surface area contributed by atoms with Crippen molar-refractivity contribution in [3.05, 3.63) is 22.2 Å². The molecule has 0 aliphatic carbocycles. The van der Waals surface area contributed by atoms with Crippen molar-refractivity contribution in [1.82, 2.24) is 4.90 Å². The summed E-state index contributed by atoms with van der Waals surface area (Å²) in [6.07, 6.45) is 0. The first kappa shape index (κ1) is 11.7. The van der Waals surface area contributed by atoms with Gasteiger partial charge in [-0.3, -0.25) is 0 Å². The van der Waals surface area contributed by atoms with E-state index in [9.17, 15) is 0 Å². The monoisotopic (exact) mass is 285 g/mol. The predicted octanol–water partition coefficient (Wildman–Crippen LogP) is 2.67. The molecular weight excluding hydrogens is 270 g/mol. The molecule has 0 spiro atoms. The lowest BCUT2D eigenvalue weighted by Crippen LogP contribution is -2.19. The molecule has 0 bridgehead atoms. The Labute approximate surface area is 104 Å². The van der Waals surface area contributed by atoms with E-state index in [4.69, 9.17) is 9.47 Å². The van der Waals surface area contributed by atoms with E-state index < -0.39 is 0 Å². The van der Waals surface area contributed by atoms with Crippen molar-refractivity contribution >= 4 is 15.9 Å². The fourth-order valence-corrected chi connectivity index (χ4v) is 2.08. The van der Waals surface area contributed by atoms with E-state index in [-0.39, 0.29) is 0 Å². The summed E-state index contributed by atoms with van der Waals surface area (Å²) in [6, 6.07) is 4.05. The average Bonchev–Trinajstić information content (AvgIpc) is 2.30. The Bertz CT molecular complexity index is 382. The van der Waals surface area contributed by atoms with Gasteiger partial charge in [0.25, 0.3) is 0 Å². The molecule has 1 aromatic carbocycles. The highest BCUT2D eigenvalue weighted by molar-refractivity contribution is 9.10. The van der Waals surface area contributed by atoms with Gasteiger partial charge >= 0.3 is 0 Å². The second kappa shape index (κ2) is 5.06. The summed E-state index contributed by atoms with van der Waals surface area (Å²) >= 11 is 3.57. The van der Waals surface area contributed by atoms with Gasteiger partial charge in [-0.05, 0) is 31.3 Å². The molecule has 0 unspecified atom stereocenters. The van der Waals surface area contributed by atoms with Crippen molar-refractivity contribution < 1.29 is 9.47 Å². The maximum Gasteiger partial charge on any atom is 0.162 e. The molecule has 0 fully saturated rings. The van der Waals surface area contributed by atoms with Crippen LogP contribution in [0.5, 0.6) is 11.5 Å². The highest BCUT2D eigenvalue weighted by atomic mass is 79.9. The van der Waals surface area contributed by atoms with Gasteiger partial charge in [-0.1, -0.05) is 22.9 Å². The minimum absolute atomic E-state index is 0.633. The fourth-order valence-electron chi connectivity index (χ4n) is 1.63. The van der Waals surface area contributed by atoms with Crippen molar-refractivity contribution in [1.29, 1.82) is 0 Å². The summed E-state index contributed by atoms with van der Waals surface area (Å²) in [5.41, 5.74) is 1.23. The maximum atomic E-state index is 5.57. The summed E-state index contributed by atoms with van der Waals surface area (Å²) in [6.45, 7) is 5.35. The first-order valence-electron chi connectivity index (χ1n) is 5.47. The molecule has 0 aromatic heterocycles. The molecule has 3 nitrogen and oxygen atoms in total. The molecule has 1 aromatic rings. The Morgan fingerprint density at radius 2 is 1.88 bits per heavy atom.